The van der Waals surface area contributed by atoms with E-state index in [2.05, 4.69) is 49.9 Å². The molecule has 0 radical (unpaired) electrons. The minimum Gasteiger partial charge on any atom is -0.367 e. The summed E-state index contributed by atoms with van der Waals surface area (Å²) in [5.74, 6) is 0.550. The molecule has 3 aromatic heterocycles. The molecule has 5 heterocycles. The van der Waals surface area contributed by atoms with Crippen LogP contribution in [0.15, 0.2) is 61.2 Å². The number of hydrogen-bond acceptors (Lipinski definition) is 6. The number of rotatable bonds is 4. The Morgan fingerprint density at radius 2 is 1.94 bits per heavy atom. The predicted octanol–water partition coefficient (Wildman–Crippen LogP) is 3.27. The minimum absolute atomic E-state index is 0.0725. The van der Waals surface area contributed by atoms with E-state index in [0.717, 1.165) is 49.6 Å². The molecule has 1 saturated heterocycles. The van der Waals surface area contributed by atoms with Gasteiger partial charge in [-0.2, -0.15) is 0 Å². The third kappa shape index (κ3) is 4.14. The van der Waals surface area contributed by atoms with Gasteiger partial charge in [0, 0.05) is 50.6 Å². The number of aromatic nitrogens is 4. The highest BCUT2D eigenvalue weighted by Crippen LogP contribution is 2.32. The van der Waals surface area contributed by atoms with Gasteiger partial charge in [0.1, 0.15) is 23.7 Å². The van der Waals surface area contributed by atoms with Crippen molar-refractivity contribution >= 4 is 28.6 Å². The van der Waals surface area contributed by atoms with Crippen LogP contribution in [0.3, 0.4) is 0 Å². The fourth-order valence-corrected chi connectivity index (χ4v) is 5.41. The van der Waals surface area contributed by atoms with E-state index in [1.165, 1.54) is 29.1 Å². The van der Waals surface area contributed by atoms with Gasteiger partial charge in [-0.3, -0.25) is 4.79 Å². The monoisotopic (exact) mass is 485 g/mol. The Morgan fingerprint density at radius 3 is 2.78 bits per heavy atom. The van der Waals surface area contributed by atoms with Crippen LogP contribution in [0.1, 0.15) is 18.1 Å². The number of halogens is 1. The van der Waals surface area contributed by atoms with E-state index in [-0.39, 0.29) is 24.3 Å². The van der Waals surface area contributed by atoms with Crippen LogP contribution < -0.4 is 9.80 Å². The molecule has 4 aromatic rings. The quantitative estimate of drug-likeness (QED) is 0.442. The highest BCUT2D eigenvalue weighted by atomic mass is 19.1. The highest BCUT2D eigenvalue weighted by molar-refractivity contribution is 5.79. The normalized spacial score (nSPS) is 17.9. The number of fused-ring (bicyclic) bond motifs is 2. The van der Waals surface area contributed by atoms with Crippen LogP contribution in [0.25, 0.3) is 11.2 Å². The molecule has 0 bridgehead atoms. The molecule has 6 rings (SSSR count). The molecule has 8 nitrogen and oxygen atoms in total. The largest absolute Gasteiger partial charge is 0.367 e. The molecule has 1 aromatic carbocycles. The second-order valence-electron chi connectivity index (χ2n) is 9.52. The molecule has 184 valence electrons. The smallest absolute Gasteiger partial charge is 0.242 e. The molecular formula is C27H28FN7O. The number of nitrogens with zero attached hydrogens (tertiary/aromatic N) is 7. The van der Waals surface area contributed by atoms with Crippen molar-refractivity contribution in [1.82, 2.24) is 24.4 Å². The van der Waals surface area contributed by atoms with Gasteiger partial charge in [-0.05, 0) is 54.8 Å². The molecule has 36 heavy (non-hydrogen) atoms. The molecule has 1 atom stereocenters. The van der Waals surface area contributed by atoms with Crippen LogP contribution in [0, 0.1) is 5.82 Å². The van der Waals surface area contributed by atoms with Gasteiger partial charge in [0.05, 0.1) is 12.5 Å². The number of pyridine rings is 2. The lowest BCUT2D eigenvalue weighted by Gasteiger charge is -2.43. The lowest BCUT2D eigenvalue weighted by Crippen LogP contribution is -2.55. The molecule has 1 fully saturated rings. The maximum absolute atomic E-state index is 13.4. The summed E-state index contributed by atoms with van der Waals surface area (Å²) in [6.07, 6.45) is 5.61. The van der Waals surface area contributed by atoms with Crippen LogP contribution in [-0.4, -0.2) is 62.5 Å². The van der Waals surface area contributed by atoms with E-state index >= 15 is 0 Å². The molecule has 1 unspecified atom stereocenters. The zero-order chi connectivity index (χ0) is 24.6. The van der Waals surface area contributed by atoms with Crippen molar-refractivity contribution in [2.75, 3.05) is 36.0 Å². The second-order valence-corrected chi connectivity index (χ2v) is 9.52. The first-order valence-electron chi connectivity index (χ1n) is 12.3. The Bertz CT molecular complexity index is 1400. The summed E-state index contributed by atoms with van der Waals surface area (Å²) in [4.78, 5) is 32.8. The van der Waals surface area contributed by atoms with Crippen molar-refractivity contribution in [2.24, 2.45) is 0 Å². The summed E-state index contributed by atoms with van der Waals surface area (Å²) in [5.41, 5.74) is 5.37. The van der Waals surface area contributed by atoms with E-state index in [9.17, 15) is 9.18 Å². The summed E-state index contributed by atoms with van der Waals surface area (Å²) >= 11 is 0. The predicted molar refractivity (Wildman–Crippen MR) is 136 cm³/mol. The van der Waals surface area contributed by atoms with Crippen LogP contribution in [-0.2, 0) is 24.3 Å². The number of benzene rings is 1. The molecule has 2 aliphatic rings. The third-order valence-electron chi connectivity index (χ3n) is 7.25. The fourth-order valence-electron chi connectivity index (χ4n) is 5.41. The van der Waals surface area contributed by atoms with Gasteiger partial charge in [-0.1, -0.05) is 12.1 Å². The number of imidazole rings is 1. The van der Waals surface area contributed by atoms with Crippen molar-refractivity contribution in [2.45, 2.75) is 32.5 Å². The summed E-state index contributed by atoms with van der Waals surface area (Å²) in [6.45, 7) is 6.12. The maximum Gasteiger partial charge on any atom is 0.242 e. The van der Waals surface area contributed by atoms with Crippen molar-refractivity contribution in [3.63, 3.8) is 0 Å². The summed E-state index contributed by atoms with van der Waals surface area (Å²) in [6, 6.07) is 13.5. The van der Waals surface area contributed by atoms with Gasteiger partial charge < -0.3 is 19.3 Å². The third-order valence-corrected chi connectivity index (χ3v) is 7.25. The minimum atomic E-state index is -0.323. The zero-order valence-electron chi connectivity index (χ0n) is 20.2. The number of anilines is 2. The highest BCUT2D eigenvalue weighted by Gasteiger charge is 2.30. The van der Waals surface area contributed by atoms with Crippen molar-refractivity contribution < 1.29 is 9.18 Å². The van der Waals surface area contributed by atoms with Crippen molar-refractivity contribution in [3.05, 3.63) is 78.1 Å². The van der Waals surface area contributed by atoms with Crippen LogP contribution in [0.2, 0.25) is 0 Å². The van der Waals surface area contributed by atoms with Gasteiger partial charge in [0.15, 0.2) is 5.65 Å². The van der Waals surface area contributed by atoms with Crippen LogP contribution in [0.4, 0.5) is 15.9 Å². The molecule has 0 aliphatic carbocycles. The van der Waals surface area contributed by atoms with Gasteiger partial charge in [-0.25, -0.2) is 19.3 Å². The maximum atomic E-state index is 13.4. The number of carbonyl (C=O) groups excluding carboxylic acids is 1. The second kappa shape index (κ2) is 9.22. The Hall–Kier alpha value is -4.01. The van der Waals surface area contributed by atoms with Crippen LogP contribution >= 0.6 is 0 Å². The Kier molecular flexibility index (Phi) is 5.75. The van der Waals surface area contributed by atoms with E-state index in [4.69, 9.17) is 0 Å². The van der Waals surface area contributed by atoms with Crippen molar-refractivity contribution in [3.8, 4) is 0 Å². The average molecular weight is 486 g/mol. The van der Waals surface area contributed by atoms with Gasteiger partial charge in [0.2, 0.25) is 5.91 Å². The van der Waals surface area contributed by atoms with E-state index in [0.29, 0.717) is 6.54 Å². The average Bonchev–Trinajstić information content (AvgIpc) is 3.31. The SMILES string of the molecule is CC1CN(c2cccc3c2CN(c2ccc(F)cn2)CC3)CCN1C(=O)Cn1cnc2cccnc21. The molecule has 2 aliphatic heterocycles. The summed E-state index contributed by atoms with van der Waals surface area (Å²) < 4.78 is 15.2. The molecule has 0 spiro atoms. The van der Waals surface area contributed by atoms with Gasteiger partial charge in [-0.15, -0.1) is 0 Å². The molecule has 0 saturated carbocycles. The molecule has 0 N–H and O–H groups in total. The number of amides is 1. The van der Waals surface area contributed by atoms with E-state index < -0.39 is 0 Å². The Morgan fingerprint density at radius 1 is 1.03 bits per heavy atom. The first-order chi connectivity index (χ1) is 17.6. The summed E-state index contributed by atoms with van der Waals surface area (Å²) in [7, 11) is 0. The Labute approximate surface area is 209 Å². The first kappa shape index (κ1) is 22.5. The molecule has 1 amide bonds. The fraction of sp³-hybridized carbons (Fsp3) is 0.333. The Balaban J connectivity index is 1.17. The lowest BCUT2D eigenvalue weighted by atomic mass is 9.96. The number of carbonyl (C=O) groups is 1. The number of piperazine rings is 1. The van der Waals surface area contributed by atoms with E-state index in [1.807, 2.05) is 21.6 Å². The summed E-state index contributed by atoms with van der Waals surface area (Å²) in [5, 5.41) is 0. The van der Waals surface area contributed by atoms with Gasteiger partial charge >= 0.3 is 0 Å². The zero-order valence-corrected chi connectivity index (χ0v) is 20.2. The number of hydrogen-bond donors (Lipinski definition) is 0. The van der Waals surface area contributed by atoms with Crippen molar-refractivity contribution in [1.29, 1.82) is 0 Å². The molecule has 9 heteroatoms. The topological polar surface area (TPSA) is 70.4 Å². The standard InChI is InChI=1S/C27H28FN7O/c1-19-15-32(12-13-35(19)26(36)17-34-18-31-23-5-3-10-29-27(23)34)24-6-2-4-20-9-11-33(16-22(20)24)25-8-7-21(28)14-30-25/h2-8,10,14,18-19H,9,11-13,15-17H2,1H3. The molecular weight excluding hydrogens is 457 g/mol. The van der Waals surface area contributed by atoms with Crippen LogP contribution in [0.5, 0.6) is 0 Å². The van der Waals surface area contributed by atoms with E-state index in [1.54, 1.807) is 18.6 Å². The first-order valence-corrected chi connectivity index (χ1v) is 12.3. The van der Waals surface area contributed by atoms with Gasteiger partial charge in [0.25, 0.3) is 0 Å². The lowest BCUT2D eigenvalue weighted by molar-refractivity contribution is -0.134.